The molecular weight excluding hydrogens is 442 g/mol. The van der Waals surface area contributed by atoms with Crippen molar-refractivity contribution in [1.29, 1.82) is 0 Å². The Morgan fingerprint density at radius 1 is 1.09 bits per heavy atom. The number of likely N-dealkylation sites (tertiary alicyclic amines) is 1. The molecule has 0 amide bonds. The predicted molar refractivity (Wildman–Crippen MR) is 136 cm³/mol. The van der Waals surface area contributed by atoms with Gasteiger partial charge in [0.1, 0.15) is 0 Å². The van der Waals surface area contributed by atoms with Crippen molar-refractivity contribution < 1.29 is 9.47 Å². The van der Waals surface area contributed by atoms with Gasteiger partial charge in [0.15, 0.2) is 0 Å². The van der Waals surface area contributed by atoms with Gasteiger partial charge in [0.2, 0.25) is 5.88 Å². The van der Waals surface area contributed by atoms with E-state index in [0.29, 0.717) is 19.1 Å². The maximum Gasteiger partial charge on any atom is 0.329 e. The zero-order valence-electron chi connectivity index (χ0n) is 20.2. The van der Waals surface area contributed by atoms with Crippen LogP contribution in [0.3, 0.4) is 0 Å². The first-order valence-corrected chi connectivity index (χ1v) is 12.6. The quantitative estimate of drug-likeness (QED) is 0.381. The Hall–Kier alpha value is -3.23. The molecule has 4 aromatic rings. The highest BCUT2D eigenvalue weighted by Gasteiger charge is 2.24. The number of pyridine rings is 2. The maximum atomic E-state index is 13.2. The second-order valence-electron chi connectivity index (χ2n) is 9.59. The molecule has 2 aliphatic heterocycles. The van der Waals surface area contributed by atoms with Crippen LogP contribution in [-0.4, -0.2) is 63.5 Å². The van der Waals surface area contributed by atoms with E-state index in [1.54, 1.807) is 10.8 Å². The number of hydrogen-bond donors (Lipinski definition) is 0. The summed E-state index contributed by atoms with van der Waals surface area (Å²) in [5.41, 5.74) is 4.65. The lowest BCUT2D eigenvalue weighted by Crippen LogP contribution is -2.38. The number of fused-ring (bicyclic) bond motifs is 3. The van der Waals surface area contributed by atoms with Crippen molar-refractivity contribution >= 4 is 21.9 Å². The van der Waals surface area contributed by atoms with E-state index >= 15 is 0 Å². The zero-order chi connectivity index (χ0) is 23.8. The Morgan fingerprint density at radius 3 is 2.71 bits per heavy atom. The van der Waals surface area contributed by atoms with Gasteiger partial charge < -0.3 is 14.4 Å². The largest absolute Gasteiger partial charge is 0.478 e. The average molecular weight is 474 g/mol. The number of aryl methyl sites for hydroxylation is 1. The molecule has 0 N–H and O–H groups in total. The summed E-state index contributed by atoms with van der Waals surface area (Å²) < 4.78 is 15.2. The van der Waals surface area contributed by atoms with Crippen molar-refractivity contribution in [2.24, 2.45) is 7.05 Å². The molecule has 2 saturated heterocycles. The fourth-order valence-corrected chi connectivity index (χ4v) is 5.18. The Morgan fingerprint density at radius 2 is 1.97 bits per heavy atom. The average Bonchev–Trinajstić information content (AvgIpc) is 3.13. The predicted octanol–water partition coefficient (Wildman–Crippen LogP) is 3.78. The van der Waals surface area contributed by atoms with Gasteiger partial charge >= 0.3 is 5.69 Å². The van der Waals surface area contributed by atoms with Crippen LogP contribution in [0.1, 0.15) is 31.7 Å². The molecule has 3 aromatic heterocycles. The van der Waals surface area contributed by atoms with Crippen LogP contribution in [0, 0.1) is 0 Å². The Bertz CT molecular complexity index is 1400. The molecule has 0 unspecified atom stereocenters. The second kappa shape index (κ2) is 9.43. The minimum absolute atomic E-state index is 0.0209. The summed E-state index contributed by atoms with van der Waals surface area (Å²) in [4.78, 5) is 24.8. The molecule has 0 aliphatic carbocycles. The van der Waals surface area contributed by atoms with Crippen LogP contribution in [0.5, 0.6) is 5.88 Å². The third-order valence-corrected chi connectivity index (χ3v) is 7.30. The maximum absolute atomic E-state index is 13.2. The molecule has 1 aromatic carbocycles. The molecule has 6 rings (SSSR count). The first kappa shape index (κ1) is 22.2. The van der Waals surface area contributed by atoms with E-state index < -0.39 is 0 Å². The van der Waals surface area contributed by atoms with Crippen LogP contribution >= 0.6 is 0 Å². The van der Waals surface area contributed by atoms with E-state index in [2.05, 4.69) is 27.0 Å². The molecular formula is C27H31N5O3. The summed E-state index contributed by atoms with van der Waals surface area (Å²) in [5.74, 6) is 0.649. The molecule has 0 saturated carbocycles. The summed E-state index contributed by atoms with van der Waals surface area (Å²) in [7, 11) is 1.81. The topological polar surface area (TPSA) is 74.4 Å². The molecule has 0 spiro atoms. The molecule has 8 heteroatoms. The zero-order valence-corrected chi connectivity index (χ0v) is 20.2. The molecule has 0 bridgehead atoms. The molecule has 8 nitrogen and oxygen atoms in total. The van der Waals surface area contributed by atoms with E-state index in [1.807, 2.05) is 36.0 Å². The highest BCUT2D eigenvalue weighted by molar-refractivity contribution is 6.04. The van der Waals surface area contributed by atoms with E-state index in [4.69, 9.17) is 9.47 Å². The van der Waals surface area contributed by atoms with Gasteiger partial charge in [0, 0.05) is 43.4 Å². The first-order valence-electron chi connectivity index (χ1n) is 12.6. The third kappa shape index (κ3) is 4.21. The van der Waals surface area contributed by atoms with Crippen LogP contribution in [0.25, 0.3) is 33.1 Å². The smallest absolute Gasteiger partial charge is 0.329 e. The first-order chi connectivity index (χ1) is 17.2. The number of benzene rings is 1. The fourth-order valence-electron chi connectivity index (χ4n) is 5.18. The van der Waals surface area contributed by atoms with Gasteiger partial charge in [-0.05, 0) is 62.5 Å². The van der Waals surface area contributed by atoms with Crippen molar-refractivity contribution in [2.45, 2.75) is 31.7 Å². The van der Waals surface area contributed by atoms with Gasteiger partial charge in [-0.3, -0.25) is 14.1 Å². The van der Waals surface area contributed by atoms with Crippen LogP contribution in [0.2, 0.25) is 0 Å². The highest BCUT2D eigenvalue weighted by atomic mass is 16.5. The van der Waals surface area contributed by atoms with Crippen molar-refractivity contribution in [2.75, 3.05) is 39.5 Å². The molecule has 2 aliphatic rings. The van der Waals surface area contributed by atoms with Crippen molar-refractivity contribution in [3.63, 3.8) is 0 Å². The van der Waals surface area contributed by atoms with Gasteiger partial charge in [-0.15, -0.1) is 0 Å². The fraction of sp³-hybridized carbons (Fsp3) is 0.444. The standard InChI is InChI=1S/C27H31N5O3/c1-30-24-17-28-23-8-6-19(15-22(23)26(24)32(27(30)33)21-5-2-13-34-18-21)20-7-9-25(29-16-20)35-14-4-12-31-10-3-11-31/h6-9,15-17,21H,2-5,10-14,18H2,1H3/t21-/m1/s1. The van der Waals surface area contributed by atoms with Crippen LogP contribution in [0.15, 0.2) is 47.5 Å². The SMILES string of the molecule is Cn1c(=O)n([C@@H]2CCCOC2)c2c3cc(-c4ccc(OCCCN5CCC5)nc4)ccc3ncc21. The summed E-state index contributed by atoms with van der Waals surface area (Å²) in [6.45, 7) is 5.52. The van der Waals surface area contributed by atoms with E-state index in [0.717, 1.165) is 65.5 Å². The lowest BCUT2D eigenvalue weighted by molar-refractivity contribution is 0.0593. The second-order valence-corrected chi connectivity index (χ2v) is 9.59. The van der Waals surface area contributed by atoms with Gasteiger partial charge in [-0.2, -0.15) is 0 Å². The molecule has 35 heavy (non-hydrogen) atoms. The van der Waals surface area contributed by atoms with Crippen LogP contribution in [-0.2, 0) is 11.8 Å². The Balaban J connectivity index is 1.30. The number of nitrogens with zero attached hydrogens (tertiary/aromatic N) is 5. The molecule has 2 fully saturated rings. The molecule has 5 heterocycles. The number of ether oxygens (including phenoxy) is 2. The van der Waals surface area contributed by atoms with Crippen molar-refractivity contribution in [3.8, 4) is 17.0 Å². The summed E-state index contributed by atoms with van der Waals surface area (Å²) >= 11 is 0. The molecule has 0 radical (unpaired) electrons. The Kier molecular flexibility index (Phi) is 6.00. The summed E-state index contributed by atoms with van der Waals surface area (Å²) in [6.07, 6.45) is 7.88. The lowest BCUT2D eigenvalue weighted by atomic mass is 10.0. The van der Waals surface area contributed by atoms with Gasteiger partial charge in [0.05, 0.1) is 42.0 Å². The number of rotatable bonds is 7. The monoisotopic (exact) mass is 473 g/mol. The van der Waals surface area contributed by atoms with Gasteiger partial charge in [0.25, 0.3) is 0 Å². The molecule has 1 atom stereocenters. The third-order valence-electron chi connectivity index (χ3n) is 7.30. The molecule has 182 valence electrons. The summed E-state index contributed by atoms with van der Waals surface area (Å²) in [6, 6.07) is 10.2. The minimum Gasteiger partial charge on any atom is -0.478 e. The highest BCUT2D eigenvalue weighted by Crippen LogP contribution is 2.31. The minimum atomic E-state index is -0.0209. The van der Waals surface area contributed by atoms with E-state index in [-0.39, 0.29) is 11.7 Å². The Labute approximate surface area is 204 Å². The van der Waals surface area contributed by atoms with Crippen LogP contribution < -0.4 is 10.4 Å². The normalized spacial score (nSPS) is 18.7. The van der Waals surface area contributed by atoms with Gasteiger partial charge in [-0.25, -0.2) is 9.78 Å². The van der Waals surface area contributed by atoms with E-state index in [1.165, 1.54) is 19.5 Å². The van der Waals surface area contributed by atoms with Crippen molar-refractivity contribution in [1.82, 2.24) is 24.0 Å². The van der Waals surface area contributed by atoms with E-state index in [9.17, 15) is 4.79 Å². The van der Waals surface area contributed by atoms with Crippen molar-refractivity contribution in [3.05, 3.63) is 53.2 Å². The van der Waals surface area contributed by atoms with Gasteiger partial charge in [-0.1, -0.05) is 6.07 Å². The number of imidazole rings is 1. The summed E-state index contributed by atoms with van der Waals surface area (Å²) in [5, 5.41) is 0.967. The number of hydrogen-bond acceptors (Lipinski definition) is 6. The lowest BCUT2D eigenvalue weighted by Gasteiger charge is -2.30. The number of aromatic nitrogens is 4. The van der Waals surface area contributed by atoms with Crippen LogP contribution in [0.4, 0.5) is 0 Å².